The standard InChI is InChI=1S/C43H49N7O/c1-33(51)48-37(30-35-18-9-5-10-19-35)32-46-39-23-13-14-24-40(39)49-41(36-21-11-6-12-22-36)31-42(2,47-27-15-20-34-16-7-4-8-17-34)50(43(49,3)44)38-25-28-45-29-26-38/h4-14,16-19,21-26,28-29,31,37,46-47H,15,20,27,30,32,44H2,1-3H3,(H,48,51). The Balaban J connectivity index is 1.39. The Morgan fingerprint density at radius 3 is 2.08 bits per heavy atom. The lowest BCUT2D eigenvalue weighted by Gasteiger charge is -2.59. The van der Waals surface area contributed by atoms with Crippen LogP contribution in [0.25, 0.3) is 5.70 Å². The first-order valence-electron chi connectivity index (χ1n) is 17.8. The molecule has 1 amide bonds. The van der Waals surface area contributed by atoms with Gasteiger partial charge in [-0.1, -0.05) is 103 Å². The summed E-state index contributed by atoms with van der Waals surface area (Å²) in [4.78, 5) is 21.1. The zero-order valence-electron chi connectivity index (χ0n) is 29.8. The highest BCUT2D eigenvalue weighted by atomic mass is 16.1. The van der Waals surface area contributed by atoms with Gasteiger partial charge in [-0.3, -0.25) is 20.8 Å². The molecule has 51 heavy (non-hydrogen) atoms. The third kappa shape index (κ3) is 8.48. The van der Waals surface area contributed by atoms with Crippen molar-refractivity contribution in [1.82, 2.24) is 15.6 Å². The molecule has 8 nitrogen and oxygen atoms in total. The van der Waals surface area contributed by atoms with Crippen molar-refractivity contribution in [2.24, 2.45) is 5.73 Å². The fraction of sp³-hybridized carbons (Fsp3) is 0.256. The molecule has 0 bridgehead atoms. The second-order valence-corrected chi connectivity index (χ2v) is 13.5. The van der Waals surface area contributed by atoms with Gasteiger partial charge < -0.3 is 20.4 Å². The molecule has 6 rings (SSSR count). The van der Waals surface area contributed by atoms with E-state index >= 15 is 0 Å². The first-order valence-corrected chi connectivity index (χ1v) is 17.8. The van der Waals surface area contributed by atoms with Crippen molar-refractivity contribution in [3.63, 3.8) is 0 Å². The van der Waals surface area contributed by atoms with Crippen LogP contribution in [0.1, 0.15) is 43.9 Å². The van der Waals surface area contributed by atoms with Crippen molar-refractivity contribution in [3.8, 4) is 0 Å². The lowest BCUT2D eigenvalue weighted by atomic mass is 9.94. The van der Waals surface area contributed by atoms with Crippen LogP contribution in [0.15, 0.2) is 146 Å². The van der Waals surface area contributed by atoms with Crippen LogP contribution in [0.4, 0.5) is 17.1 Å². The minimum Gasteiger partial charge on any atom is -0.381 e. The van der Waals surface area contributed by atoms with E-state index in [0.29, 0.717) is 13.0 Å². The SMILES string of the molecule is CC(=O)NC(CNc1ccccc1N1C(c2ccccc2)=CC(C)(NCCCc2ccccc2)N(c2ccncc2)C1(C)N)Cc1ccccc1. The molecule has 0 radical (unpaired) electrons. The van der Waals surface area contributed by atoms with Crippen molar-refractivity contribution in [1.29, 1.82) is 0 Å². The summed E-state index contributed by atoms with van der Waals surface area (Å²) in [6.07, 6.45) is 8.57. The Morgan fingerprint density at radius 2 is 1.41 bits per heavy atom. The lowest BCUT2D eigenvalue weighted by molar-refractivity contribution is -0.119. The molecule has 5 aromatic rings. The monoisotopic (exact) mass is 679 g/mol. The van der Waals surface area contributed by atoms with Gasteiger partial charge in [-0.15, -0.1) is 0 Å². The Kier molecular flexibility index (Phi) is 11.1. The highest BCUT2D eigenvalue weighted by Gasteiger charge is 2.50. The molecule has 0 spiro atoms. The zero-order valence-corrected chi connectivity index (χ0v) is 29.8. The predicted molar refractivity (Wildman–Crippen MR) is 210 cm³/mol. The van der Waals surface area contributed by atoms with Gasteiger partial charge in [-0.05, 0) is 86.7 Å². The smallest absolute Gasteiger partial charge is 0.217 e. The van der Waals surface area contributed by atoms with Crippen molar-refractivity contribution in [2.45, 2.75) is 57.5 Å². The third-order valence-corrected chi connectivity index (χ3v) is 9.40. The topological polar surface area (TPSA) is 98.5 Å². The quantitative estimate of drug-likeness (QED) is 0.0924. The van der Waals surface area contributed by atoms with Crippen LogP contribution in [-0.4, -0.2) is 41.5 Å². The summed E-state index contributed by atoms with van der Waals surface area (Å²) in [5.41, 5.74) is 14.3. The van der Waals surface area contributed by atoms with E-state index in [2.05, 4.69) is 130 Å². The average molecular weight is 680 g/mol. The van der Waals surface area contributed by atoms with Gasteiger partial charge in [0.25, 0.3) is 0 Å². The molecule has 1 aliphatic heterocycles. The fourth-order valence-corrected chi connectivity index (χ4v) is 7.25. The highest BCUT2D eigenvalue weighted by molar-refractivity contribution is 5.90. The maximum atomic E-state index is 12.3. The molecule has 0 saturated heterocycles. The second kappa shape index (κ2) is 16.1. The number of aryl methyl sites for hydroxylation is 1. The van der Waals surface area contributed by atoms with Crippen molar-refractivity contribution in [3.05, 3.63) is 163 Å². The maximum absolute atomic E-state index is 12.3. The molecule has 8 heteroatoms. The molecular formula is C43H49N7O. The fourth-order valence-electron chi connectivity index (χ4n) is 7.25. The molecule has 1 aliphatic rings. The minimum absolute atomic E-state index is 0.0607. The Hall–Kier alpha value is -5.44. The molecule has 262 valence electrons. The summed E-state index contributed by atoms with van der Waals surface area (Å²) >= 11 is 0. The zero-order chi connectivity index (χ0) is 35.7. The molecule has 4 aromatic carbocycles. The van der Waals surface area contributed by atoms with Crippen LogP contribution in [0.3, 0.4) is 0 Å². The Bertz CT molecular complexity index is 1880. The molecule has 0 saturated carbocycles. The lowest BCUT2D eigenvalue weighted by Crippen LogP contribution is -2.76. The van der Waals surface area contributed by atoms with Gasteiger partial charge in [-0.2, -0.15) is 0 Å². The van der Waals surface area contributed by atoms with Gasteiger partial charge in [0, 0.05) is 31.5 Å². The number of benzene rings is 4. The molecule has 2 heterocycles. The number of pyridine rings is 1. The van der Waals surface area contributed by atoms with E-state index in [1.54, 1.807) is 6.92 Å². The van der Waals surface area contributed by atoms with Gasteiger partial charge in [0.2, 0.25) is 5.91 Å². The molecule has 3 atom stereocenters. The van der Waals surface area contributed by atoms with Crippen LogP contribution >= 0.6 is 0 Å². The Morgan fingerprint density at radius 1 is 0.804 bits per heavy atom. The number of para-hydroxylation sites is 2. The van der Waals surface area contributed by atoms with Crippen LogP contribution in [0.5, 0.6) is 0 Å². The first kappa shape index (κ1) is 35.4. The molecule has 3 unspecified atom stereocenters. The average Bonchev–Trinajstić information content (AvgIpc) is 3.14. The van der Waals surface area contributed by atoms with Crippen molar-refractivity contribution >= 4 is 28.7 Å². The minimum atomic E-state index is -1.07. The van der Waals surface area contributed by atoms with Gasteiger partial charge in [0.15, 0.2) is 5.79 Å². The molecule has 1 aromatic heterocycles. The van der Waals surface area contributed by atoms with E-state index in [-0.39, 0.29) is 11.9 Å². The van der Waals surface area contributed by atoms with Crippen LogP contribution in [0.2, 0.25) is 0 Å². The molecule has 0 fully saturated rings. The van der Waals surface area contributed by atoms with Gasteiger partial charge >= 0.3 is 0 Å². The predicted octanol–water partition coefficient (Wildman–Crippen LogP) is 7.18. The number of hydrogen-bond acceptors (Lipinski definition) is 7. The van der Waals surface area contributed by atoms with E-state index < -0.39 is 11.4 Å². The van der Waals surface area contributed by atoms with Gasteiger partial charge in [-0.25, -0.2) is 0 Å². The molecular weight excluding hydrogens is 631 g/mol. The first-order chi connectivity index (χ1) is 24.7. The summed E-state index contributed by atoms with van der Waals surface area (Å²) in [7, 11) is 0. The summed E-state index contributed by atoms with van der Waals surface area (Å²) in [5, 5.41) is 10.8. The second-order valence-electron chi connectivity index (χ2n) is 13.5. The molecule has 0 aliphatic carbocycles. The normalized spacial score (nSPS) is 19.3. The number of carbonyl (C=O) groups excluding carboxylic acids is 1. The summed E-state index contributed by atoms with van der Waals surface area (Å²) in [6, 6.07) is 43.4. The van der Waals surface area contributed by atoms with E-state index in [9.17, 15) is 4.79 Å². The van der Waals surface area contributed by atoms with Crippen LogP contribution in [0, 0.1) is 0 Å². The number of hydrogen-bond donors (Lipinski definition) is 4. The number of anilines is 3. The number of nitrogens with two attached hydrogens (primary N) is 1. The highest BCUT2D eigenvalue weighted by Crippen LogP contribution is 2.45. The Labute approximate surface area is 302 Å². The number of nitrogens with one attached hydrogen (secondary N) is 3. The van der Waals surface area contributed by atoms with Gasteiger partial charge in [0.05, 0.1) is 23.1 Å². The van der Waals surface area contributed by atoms with E-state index in [1.807, 2.05) is 60.9 Å². The van der Waals surface area contributed by atoms with Crippen LogP contribution < -0.4 is 31.5 Å². The van der Waals surface area contributed by atoms with Crippen LogP contribution in [-0.2, 0) is 17.6 Å². The third-order valence-electron chi connectivity index (χ3n) is 9.40. The molecule has 5 N–H and O–H groups in total. The van der Waals surface area contributed by atoms with Crippen molar-refractivity contribution < 1.29 is 4.79 Å². The van der Waals surface area contributed by atoms with E-state index in [0.717, 1.165) is 53.3 Å². The van der Waals surface area contributed by atoms with E-state index in [4.69, 9.17) is 5.73 Å². The number of aromatic nitrogens is 1. The summed E-state index contributed by atoms with van der Waals surface area (Å²) in [6.45, 7) is 7.15. The summed E-state index contributed by atoms with van der Waals surface area (Å²) < 4.78 is 0. The largest absolute Gasteiger partial charge is 0.381 e. The number of carbonyl (C=O) groups is 1. The number of nitrogens with zero attached hydrogens (tertiary/aromatic N) is 3. The van der Waals surface area contributed by atoms with Crippen molar-refractivity contribution in [2.75, 3.05) is 28.2 Å². The summed E-state index contributed by atoms with van der Waals surface area (Å²) in [5.74, 6) is -1.13. The maximum Gasteiger partial charge on any atom is 0.217 e. The van der Waals surface area contributed by atoms with Gasteiger partial charge in [0.1, 0.15) is 5.66 Å². The number of amides is 1. The number of rotatable bonds is 14. The van der Waals surface area contributed by atoms with E-state index in [1.165, 1.54) is 5.56 Å².